The average molecular weight is 310 g/mol. The predicted octanol–water partition coefficient (Wildman–Crippen LogP) is 0.696. The van der Waals surface area contributed by atoms with E-state index in [1.165, 1.54) is 11.0 Å². The van der Waals surface area contributed by atoms with Crippen molar-refractivity contribution in [1.82, 2.24) is 14.8 Å². The second-order valence-corrected chi connectivity index (χ2v) is 4.40. The van der Waals surface area contributed by atoms with Gasteiger partial charge in [-0.05, 0) is 12.1 Å². The SMILES string of the molecule is Nc1ncn(CC(=O)OCC(=O)Nc2ccccc2Cl)n1. The smallest absolute Gasteiger partial charge is 0.328 e. The average Bonchev–Trinajstić information content (AvgIpc) is 2.84. The number of anilines is 2. The molecule has 0 saturated heterocycles. The summed E-state index contributed by atoms with van der Waals surface area (Å²) >= 11 is 5.89. The molecule has 0 fully saturated rings. The molecule has 0 aliphatic carbocycles. The molecule has 0 spiro atoms. The molecule has 110 valence electrons. The lowest BCUT2D eigenvalue weighted by Crippen LogP contribution is -2.23. The fourth-order valence-corrected chi connectivity index (χ4v) is 1.64. The summed E-state index contributed by atoms with van der Waals surface area (Å²) in [7, 11) is 0. The van der Waals surface area contributed by atoms with Crippen molar-refractivity contribution in [2.45, 2.75) is 6.54 Å². The van der Waals surface area contributed by atoms with Gasteiger partial charge < -0.3 is 15.8 Å². The van der Waals surface area contributed by atoms with Gasteiger partial charge in [0.2, 0.25) is 5.95 Å². The minimum Gasteiger partial charge on any atom is -0.454 e. The number of rotatable bonds is 5. The summed E-state index contributed by atoms with van der Waals surface area (Å²) < 4.78 is 6.02. The largest absolute Gasteiger partial charge is 0.454 e. The molecule has 21 heavy (non-hydrogen) atoms. The van der Waals surface area contributed by atoms with Crippen molar-refractivity contribution in [1.29, 1.82) is 0 Å². The number of carbonyl (C=O) groups is 2. The number of ether oxygens (including phenoxy) is 1. The van der Waals surface area contributed by atoms with Crippen LogP contribution in [0.4, 0.5) is 11.6 Å². The molecule has 0 radical (unpaired) electrons. The monoisotopic (exact) mass is 309 g/mol. The summed E-state index contributed by atoms with van der Waals surface area (Å²) in [5.74, 6) is -1.07. The van der Waals surface area contributed by atoms with Crippen LogP contribution in [-0.2, 0) is 20.9 Å². The fourth-order valence-electron chi connectivity index (χ4n) is 1.46. The van der Waals surface area contributed by atoms with Gasteiger partial charge in [0.15, 0.2) is 6.61 Å². The lowest BCUT2D eigenvalue weighted by molar-refractivity contribution is -0.148. The van der Waals surface area contributed by atoms with Crippen LogP contribution in [0.3, 0.4) is 0 Å². The van der Waals surface area contributed by atoms with Gasteiger partial charge in [0.1, 0.15) is 12.9 Å². The van der Waals surface area contributed by atoms with Crippen molar-refractivity contribution >= 4 is 35.1 Å². The Balaban J connectivity index is 1.78. The second kappa shape index (κ2) is 6.71. The number of aromatic nitrogens is 3. The Labute approximate surface area is 124 Å². The topological polar surface area (TPSA) is 112 Å². The number of nitrogens with zero attached hydrogens (tertiary/aromatic N) is 3. The van der Waals surface area contributed by atoms with E-state index in [0.717, 1.165) is 0 Å². The van der Waals surface area contributed by atoms with Crippen molar-refractivity contribution in [3.05, 3.63) is 35.6 Å². The molecule has 1 aromatic heterocycles. The number of nitrogens with one attached hydrogen (secondary N) is 1. The van der Waals surface area contributed by atoms with Crippen LogP contribution in [0.2, 0.25) is 5.02 Å². The van der Waals surface area contributed by atoms with E-state index in [4.69, 9.17) is 22.1 Å². The molecule has 0 saturated carbocycles. The molecular weight excluding hydrogens is 298 g/mol. The Morgan fingerprint density at radius 3 is 2.81 bits per heavy atom. The second-order valence-electron chi connectivity index (χ2n) is 3.99. The van der Waals surface area contributed by atoms with E-state index in [1.54, 1.807) is 24.3 Å². The van der Waals surface area contributed by atoms with Crippen molar-refractivity contribution in [2.75, 3.05) is 17.7 Å². The van der Waals surface area contributed by atoms with Gasteiger partial charge in [0.25, 0.3) is 5.91 Å². The highest BCUT2D eigenvalue weighted by molar-refractivity contribution is 6.33. The van der Waals surface area contributed by atoms with Gasteiger partial charge in [-0.15, -0.1) is 5.10 Å². The summed E-state index contributed by atoms with van der Waals surface area (Å²) in [4.78, 5) is 26.8. The van der Waals surface area contributed by atoms with Gasteiger partial charge in [-0.25, -0.2) is 9.67 Å². The first kappa shape index (κ1) is 14.8. The van der Waals surface area contributed by atoms with Crippen molar-refractivity contribution in [2.24, 2.45) is 0 Å². The van der Waals surface area contributed by atoms with Crippen LogP contribution in [0.15, 0.2) is 30.6 Å². The van der Waals surface area contributed by atoms with E-state index in [0.29, 0.717) is 10.7 Å². The van der Waals surface area contributed by atoms with Gasteiger partial charge in [0.05, 0.1) is 10.7 Å². The molecule has 0 aliphatic rings. The standard InChI is InChI=1S/C12H12ClN5O3/c13-8-3-1-2-4-9(8)16-10(19)6-21-11(20)5-18-7-15-12(14)17-18/h1-4,7H,5-6H2,(H2,14,17)(H,16,19). The summed E-state index contributed by atoms with van der Waals surface area (Å²) in [6.07, 6.45) is 1.29. The first-order chi connectivity index (χ1) is 10.0. The van der Waals surface area contributed by atoms with E-state index in [2.05, 4.69) is 15.4 Å². The first-order valence-corrected chi connectivity index (χ1v) is 6.27. The third kappa shape index (κ3) is 4.46. The molecular formula is C12H12ClN5O3. The molecule has 9 heteroatoms. The number of amides is 1. The maximum atomic E-state index is 11.6. The molecule has 2 aromatic rings. The molecule has 0 atom stereocenters. The lowest BCUT2D eigenvalue weighted by atomic mass is 10.3. The van der Waals surface area contributed by atoms with E-state index in [9.17, 15) is 9.59 Å². The molecule has 1 aromatic carbocycles. The van der Waals surface area contributed by atoms with Gasteiger partial charge in [-0.2, -0.15) is 0 Å². The van der Waals surface area contributed by atoms with Gasteiger partial charge in [-0.3, -0.25) is 9.59 Å². The summed E-state index contributed by atoms with van der Waals surface area (Å²) in [5.41, 5.74) is 5.75. The summed E-state index contributed by atoms with van der Waals surface area (Å²) in [5, 5.41) is 6.65. The number of hydrogen-bond acceptors (Lipinski definition) is 6. The van der Waals surface area contributed by atoms with Gasteiger partial charge in [0, 0.05) is 0 Å². The number of nitrogen functional groups attached to an aromatic ring is 1. The number of hydrogen-bond donors (Lipinski definition) is 2. The number of nitrogens with two attached hydrogens (primary N) is 1. The fraction of sp³-hybridized carbons (Fsp3) is 0.167. The highest BCUT2D eigenvalue weighted by atomic mass is 35.5. The van der Waals surface area contributed by atoms with Crippen LogP contribution in [0.25, 0.3) is 0 Å². The van der Waals surface area contributed by atoms with Crippen LogP contribution in [0, 0.1) is 0 Å². The maximum Gasteiger partial charge on any atom is 0.328 e. The third-order valence-electron chi connectivity index (χ3n) is 2.36. The van der Waals surface area contributed by atoms with E-state index < -0.39 is 18.5 Å². The predicted molar refractivity (Wildman–Crippen MR) is 75.5 cm³/mol. The van der Waals surface area contributed by atoms with Gasteiger partial charge in [-0.1, -0.05) is 23.7 Å². The number of esters is 1. The summed E-state index contributed by atoms with van der Waals surface area (Å²) in [6, 6.07) is 6.74. The molecule has 1 amide bonds. The Hall–Kier alpha value is -2.61. The third-order valence-corrected chi connectivity index (χ3v) is 2.69. The van der Waals surface area contributed by atoms with Crippen molar-refractivity contribution < 1.29 is 14.3 Å². The zero-order valence-corrected chi connectivity index (χ0v) is 11.6. The quantitative estimate of drug-likeness (QED) is 0.786. The molecule has 1 heterocycles. The highest BCUT2D eigenvalue weighted by Crippen LogP contribution is 2.20. The summed E-state index contributed by atoms with van der Waals surface area (Å²) in [6.45, 7) is -0.599. The maximum absolute atomic E-state index is 11.6. The molecule has 3 N–H and O–H groups in total. The van der Waals surface area contributed by atoms with Crippen LogP contribution >= 0.6 is 11.6 Å². The van der Waals surface area contributed by atoms with Crippen molar-refractivity contribution in [3.8, 4) is 0 Å². The van der Waals surface area contributed by atoms with E-state index in [-0.39, 0.29) is 12.5 Å². The number of benzene rings is 1. The highest BCUT2D eigenvalue weighted by Gasteiger charge is 2.10. The molecule has 0 aliphatic heterocycles. The molecule has 0 bridgehead atoms. The number of carbonyl (C=O) groups excluding carboxylic acids is 2. The van der Waals surface area contributed by atoms with Crippen LogP contribution in [0.1, 0.15) is 0 Å². The Bertz CT molecular complexity index is 658. The molecule has 8 nitrogen and oxygen atoms in total. The van der Waals surface area contributed by atoms with Crippen LogP contribution in [0.5, 0.6) is 0 Å². The Kier molecular flexibility index (Phi) is 4.72. The van der Waals surface area contributed by atoms with Crippen LogP contribution in [-0.4, -0.2) is 33.2 Å². The molecule has 0 unspecified atom stereocenters. The minimum absolute atomic E-state index is 0.0549. The number of halogens is 1. The Morgan fingerprint density at radius 2 is 2.14 bits per heavy atom. The van der Waals surface area contributed by atoms with Crippen molar-refractivity contribution in [3.63, 3.8) is 0 Å². The first-order valence-electron chi connectivity index (χ1n) is 5.89. The van der Waals surface area contributed by atoms with Crippen LogP contribution < -0.4 is 11.1 Å². The zero-order chi connectivity index (χ0) is 15.2. The minimum atomic E-state index is -0.630. The zero-order valence-electron chi connectivity index (χ0n) is 10.8. The molecule has 2 rings (SSSR count). The normalized spacial score (nSPS) is 10.1. The Morgan fingerprint density at radius 1 is 1.38 bits per heavy atom. The lowest BCUT2D eigenvalue weighted by Gasteiger charge is -2.07. The van der Waals surface area contributed by atoms with E-state index in [1.807, 2.05) is 0 Å². The number of para-hydroxylation sites is 1. The van der Waals surface area contributed by atoms with Gasteiger partial charge >= 0.3 is 5.97 Å². The van der Waals surface area contributed by atoms with E-state index >= 15 is 0 Å².